The summed E-state index contributed by atoms with van der Waals surface area (Å²) in [7, 11) is -1.84. The first-order valence-corrected chi connectivity index (χ1v) is 14.8. The fraction of sp³-hybridized carbons (Fsp3) is 0.290. The van der Waals surface area contributed by atoms with Gasteiger partial charge in [-0.05, 0) is 35.7 Å². The molecule has 0 fully saturated rings. The molecule has 43 heavy (non-hydrogen) atoms. The van der Waals surface area contributed by atoms with E-state index in [9.17, 15) is 31.2 Å². The van der Waals surface area contributed by atoms with Gasteiger partial charge in [0.25, 0.3) is 0 Å². The molecule has 0 aliphatic carbocycles. The molecule has 12 heteroatoms. The van der Waals surface area contributed by atoms with Gasteiger partial charge in [0.2, 0.25) is 5.91 Å². The zero-order chi connectivity index (χ0) is 31.7. The first kappa shape index (κ1) is 31.8. The molecule has 8 nitrogen and oxygen atoms in total. The molecular formula is C31H32F3N3O5S. The first-order chi connectivity index (χ1) is 20.1. The minimum Gasteiger partial charge on any atom is -0.444 e. The minimum absolute atomic E-state index is 0.0717. The van der Waals surface area contributed by atoms with Gasteiger partial charge in [0, 0.05) is 37.2 Å². The second-order valence-electron chi connectivity index (χ2n) is 10.5. The predicted molar refractivity (Wildman–Crippen MR) is 157 cm³/mol. The van der Waals surface area contributed by atoms with E-state index < -0.39 is 40.0 Å². The third kappa shape index (κ3) is 6.45. The van der Waals surface area contributed by atoms with Gasteiger partial charge >= 0.3 is 22.5 Å². The Bertz CT molecular complexity index is 1750. The van der Waals surface area contributed by atoms with Gasteiger partial charge in [0.1, 0.15) is 6.61 Å². The molecule has 3 aromatic carbocycles. The SMILES string of the molecule is CC(C)C(=O)n1cc(C(C)N(C(=O)OCc2ccccc2)S(=O)(=O)N(C)C)c2ccc(-c3ccccc3C(F)(F)F)cc21. The molecule has 4 rings (SSSR count). The molecular weight excluding hydrogens is 583 g/mol. The summed E-state index contributed by atoms with van der Waals surface area (Å²) < 4.78 is 76.5. The van der Waals surface area contributed by atoms with Gasteiger partial charge in [0.05, 0.1) is 17.1 Å². The summed E-state index contributed by atoms with van der Waals surface area (Å²) in [5.74, 6) is -0.860. The molecule has 0 bridgehead atoms. The van der Waals surface area contributed by atoms with E-state index in [0.717, 1.165) is 10.4 Å². The van der Waals surface area contributed by atoms with Crippen molar-refractivity contribution in [2.75, 3.05) is 14.1 Å². The van der Waals surface area contributed by atoms with Gasteiger partial charge in [-0.3, -0.25) is 9.36 Å². The van der Waals surface area contributed by atoms with Crippen molar-refractivity contribution in [1.29, 1.82) is 0 Å². The number of benzene rings is 3. The number of alkyl halides is 3. The average Bonchev–Trinajstić information content (AvgIpc) is 3.34. The Hall–Kier alpha value is -4.16. The zero-order valence-electron chi connectivity index (χ0n) is 24.3. The van der Waals surface area contributed by atoms with E-state index in [-0.39, 0.29) is 29.2 Å². The Labute approximate surface area is 248 Å². The van der Waals surface area contributed by atoms with Crippen LogP contribution in [0.1, 0.15) is 48.3 Å². The molecule has 1 aromatic heterocycles. The number of amides is 1. The zero-order valence-corrected chi connectivity index (χ0v) is 25.1. The van der Waals surface area contributed by atoms with Gasteiger partial charge in [-0.2, -0.15) is 30.2 Å². The van der Waals surface area contributed by atoms with E-state index in [1.807, 2.05) is 0 Å². The van der Waals surface area contributed by atoms with Crippen molar-refractivity contribution in [2.24, 2.45) is 5.92 Å². The molecule has 0 radical (unpaired) electrons. The van der Waals surface area contributed by atoms with Crippen LogP contribution in [-0.2, 0) is 27.7 Å². The van der Waals surface area contributed by atoms with Crippen LogP contribution in [0.4, 0.5) is 18.0 Å². The smallest absolute Gasteiger partial charge is 0.425 e. The van der Waals surface area contributed by atoms with Gasteiger partial charge in [-0.15, -0.1) is 0 Å². The predicted octanol–water partition coefficient (Wildman–Crippen LogP) is 7.13. The maximum atomic E-state index is 13.8. The number of fused-ring (bicyclic) bond motifs is 1. The van der Waals surface area contributed by atoms with Crippen molar-refractivity contribution in [3.05, 3.63) is 95.7 Å². The number of aromatic nitrogens is 1. The van der Waals surface area contributed by atoms with Crippen molar-refractivity contribution in [3.63, 3.8) is 0 Å². The molecule has 1 heterocycles. The molecule has 228 valence electrons. The second kappa shape index (κ2) is 12.2. The molecule has 0 aliphatic rings. The number of carbonyl (C=O) groups is 2. The van der Waals surface area contributed by atoms with Crippen LogP contribution in [0.25, 0.3) is 22.0 Å². The fourth-order valence-electron chi connectivity index (χ4n) is 4.73. The first-order valence-electron chi connectivity index (χ1n) is 13.4. The van der Waals surface area contributed by atoms with Crippen LogP contribution in [-0.4, -0.2) is 47.7 Å². The van der Waals surface area contributed by atoms with Gasteiger partial charge in [0.15, 0.2) is 0 Å². The lowest BCUT2D eigenvalue weighted by Gasteiger charge is -2.30. The molecule has 0 saturated heterocycles. The molecule has 4 aromatic rings. The van der Waals surface area contributed by atoms with Crippen molar-refractivity contribution < 1.29 is 35.9 Å². The minimum atomic E-state index is -4.61. The molecule has 1 atom stereocenters. The van der Waals surface area contributed by atoms with E-state index in [4.69, 9.17) is 4.74 Å². The summed E-state index contributed by atoms with van der Waals surface area (Å²) in [4.78, 5) is 26.6. The van der Waals surface area contributed by atoms with Crippen molar-refractivity contribution in [1.82, 2.24) is 13.2 Å². The molecule has 1 unspecified atom stereocenters. The highest BCUT2D eigenvalue weighted by Gasteiger charge is 2.38. The van der Waals surface area contributed by atoms with E-state index in [1.54, 1.807) is 44.2 Å². The number of hydrogen-bond acceptors (Lipinski definition) is 5. The number of rotatable bonds is 8. The Morgan fingerprint density at radius 3 is 2.16 bits per heavy atom. The molecule has 0 saturated carbocycles. The van der Waals surface area contributed by atoms with E-state index in [2.05, 4.69) is 0 Å². The fourth-order valence-corrected chi connectivity index (χ4v) is 5.84. The quantitative estimate of drug-likeness (QED) is 0.210. The third-order valence-electron chi connectivity index (χ3n) is 7.01. The Morgan fingerprint density at radius 1 is 0.930 bits per heavy atom. The van der Waals surface area contributed by atoms with Crippen LogP contribution in [0, 0.1) is 5.92 Å². The highest BCUT2D eigenvalue weighted by molar-refractivity contribution is 7.87. The van der Waals surface area contributed by atoms with Crippen LogP contribution in [0.15, 0.2) is 79.0 Å². The van der Waals surface area contributed by atoms with Gasteiger partial charge in [-0.25, -0.2) is 4.79 Å². The van der Waals surface area contributed by atoms with Crippen LogP contribution in [0.3, 0.4) is 0 Å². The summed E-state index contributed by atoms with van der Waals surface area (Å²) in [5, 5.41) is 0.393. The third-order valence-corrected chi connectivity index (χ3v) is 8.89. The van der Waals surface area contributed by atoms with Crippen molar-refractivity contribution in [2.45, 2.75) is 39.6 Å². The summed E-state index contributed by atoms with van der Waals surface area (Å²) in [5.41, 5.74) is 0.530. The number of ether oxygens (including phenoxy) is 1. The van der Waals surface area contributed by atoms with E-state index in [1.165, 1.54) is 68.2 Å². The average molecular weight is 616 g/mol. The number of halogens is 3. The second-order valence-corrected chi connectivity index (χ2v) is 12.5. The van der Waals surface area contributed by atoms with E-state index in [0.29, 0.717) is 20.8 Å². The molecule has 0 N–H and O–H groups in total. The Morgan fingerprint density at radius 2 is 1.56 bits per heavy atom. The molecule has 0 spiro atoms. The van der Waals surface area contributed by atoms with Crippen LogP contribution in [0.5, 0.6) is 0 Å². The largest absolute Gasteiger partial charge is 0.444 e. The van der Waals surface area contributed by atoms with Gasteiger partial charge < -0.3 is 4.74 Å². The maximum absolute atomic E-state index is 13.8. The molecule has 1 amide bonds. The number of nitrogens with zero attached hydrogens (tertiary/aromatic N) is 3. The highest BCUT2D eigenvalue weighted by atomic mass is 32.2. The van der Waals surface area contributed by atoms with Crippen LogP contribution >= 0.6 is 0 Å². The lowest BCUT2D eigenvalue weighted by molar-refractivity contribution is -0.137. The van der Waals surface area contributed by atoms with Crippen LogP contribution in [0.2, 0.25) is 0 Å². The monoisotopic (exact) mass is 615 g/mol. The van der Waals surface area contributed by atoms with Crippen LogP contribution < -0.4 is 0 Å². The van der Waals surface area contributed by atoms with E-state index >= 15 is 0 Å². The summed E-state index contributed by atoms with van der Waals surface area (Å²) in [6.07, 6.45) is -4.31. The number of hydrogen-bond donors (Lipinski definition) is 0. The number of carbonyl (C=O) groups excluding carboxylic acids is 2. The molecule has 0 aliphatic heterocycles. The standard InChI is InChI=1S/C31H32F3N3O5S/c1-20(2)29(38)36-18-26(25-16-15-23(17-28(25)36)24-13-9-10-14-27(24)31(32,33)34)21(3)37(43(40,41)35(4)5)30(39)42-19-22-11-7-6-8-12-22/h6-18,20-21H,19H2,1-5H3. The Balaban J connectivity index is 1.86. The highest BCUT2D eigenvalue weighted by Crippen LogP contribution is 2.40. The Kier molecular flexibility index (Phi) is 9.02. The van der Waals surface area contributed by atoms with Gasteiger partial charge in [-0.1, -0.05) is 74.5 Å². The lowest BCUT2D eigenvalue weighted by atomic mass is 9.97. The summed E-state index contributed by atoms with van der Waals surface area (Å²) >= 11 is 0. The normalized spacial score (nSPS) is 13.0. The summed E-state index contributed by atoms with van der Waals surface area (Å²) in [6, 6.07) is 17.2. The van der Waals surface area contributed by atoms with Crippen molar-refractivity contribution in [3.8, 4) is 11.1 Å². The summed E-state index contributed by atoms with van der Waals surface area (Å²) in [6.45, 7) is 4.64. The maximum Gasteiger partial charge on any atom is 0.425 e. The topological polar surface area (TPSA) is 88.9 Å². The van der Waals surface area contributed by atoms with Crippen molar-refractivity contribution >= 4 is 33.1 Å². The lowest BCUT2D eigenvalue weighted by Crippen LogP contribution is -2.45.